The fourth-order valence-electron chi connectivity index (χ4n) is 1.63. The van der Waals surface area contributed by atoms with E-state index < -0.39 is 23.5 Å². The molecule has 1 saturated carbocycles. The van der Waals surface area contributed by atoms with Gasteiger partial charge in [0.15, 0.2) is 0 Å². The molecule has 17 heavy (non-hydrogen) atoms. The van der Waals surface area contributed by atoms with Crippen molar-refractivity contribution < 1.29 is 14.7 Å². The molecule has 5 heteroatoms. The fraction of sp³-hybridized carbons (Fsp3) is 0.833. The second kappa shape index (κ2) is 5.38. The van der Waals surface area contributed by atoms with Crippen LogP contribution in [0.3, 0.4) is 0 Å². The number of carboxylic acid groups (broad SMARTS) is 1. The highest BCUT2D eigenvalue weighted by atomic mass is 16.4. The molecular weight excluding hydrogens is 220 g/mol. The number of aliphatic carboxylic acids is 1. The summed E-state index contributed by atoms with van der Waals surface area (Å²) >= 11 is 0. The quantitative estimate of drug-likeness (QED) is 0.685. The number of carboxylic acids is 1. The number of hydrogen-bond acceptors (Lipinski definition) is 2. The molecule has 1 fully saturated rings. The van der Waals surface area contributed by atoms with Gasteiger partial charge in [0.05, 0.1) is 0 Å². The molecule has 0 spiro atoms. The van der Waals surface area contributed by atoms with Crippen molar-refractivity contribution >= 4 is 12.0 Å². The van der Waals surface area contributed by atoms with E-state index in [0.29, 0.717) is 6.54 Å². The summed E-state index contributed by atoms with van der Waals surface area (Å²) in [7, 11) is 0. The van der Waals surface area contributed by atoms with E-state index >= 15 is 0 Å². The lowest BCUT2D eigenvalue weighted by atomic mass is 9.87. The van der Waals surface area contributed by atoms with Crippen LogP contribution in [0.2, 0.25) is 0 Å². The average molecular weight is 242 g/mol. The summed E-state index contributed by atoms with van der Waals surface area (Å²) in [4.78, 5) is 22.6. The highest BCUT2D eigenvalue weighted by Crippen LogP contribution is 2.31. The number of urea groups is 1. The molecule has 98 valence electrons. The molecule has 1 rings (SSSR count). The zero-order valence-electron chi connectivity index (χ0n) is 10.7. The van der Waals surface area contributed by atoms with E-state index in [0.717, 1.165) is 12.3 Å². The molecule has 0 aromatic carbocycles. The Balaban J connectivity index is 2.32. The first-order valence-corrected chi connectivity index (χ1v) is 6.08. The van der Waals surface area contributed by atoms with Crippen LogP contribution in [-0.2, 0) is 4.79 Å². The van der Waals surface area contributed by atoms with E-state index in [-0.39, 0.29) is 0 Å². The lowest BCUT2D eigenvalue weighted by Gasteiger charge is -2.27. The number of amides is 2. The SMILES string of the molecule is CC(C)(C)[C@H](NC(=O)NCCC1CC1)C(=O)O. The summed E-state index contributed by atoms with van der Waals surface area (Å²) in [6.45, 7) is 5.98. The predicted octanol–water partition coefficient (Wildman–Crippen LogP) is 1.59. The standard InChI is InChI=1S/C12H22N2O3/c1-12(2,3)9(10(15)16)14-11(17)13-7-6-8-4-5-8/h8-9H,4-7H2,1-3H3,(H,15,16)(H2,13,14,17)/t9-/m1/s1. The van der Waals surface area contributed by atoms with Crippen molar-refractivity contribution in [3.8, 4) is 0 Å². The summed E-state index contributed by atoms with van der Waals surface area (Å²) in [5.41, 5.74) is -0.500. The molecule has 0 heterocycles. The van der Waals surface area contributed by atoms with Crippen LogP contribution < -0.4 is 10.6 Å². The summed E-state index contributed by atoms with van der Waals surface area (Å²) in [5, 5.41) is 14.2. The van der Waals surface area contributed by atoms with Crippen molar-refractivity contribution in [2.75, 3.05) is 6.54 Å². The van der Waals surface area contributed by atoms with Crippen molar-refractivity contribution in [2.24, 2.45) is 11.3 Å². The minimum Gasteiger partial charge on any atom is -0.480 e. The van der Waals surface area contributed by atoms with Gasteiger partial charge in [-0.15, -0.1) is 0 Å². The van der Waals surface area contributed by atoms with Gasteiger partial charge < -0.3 is 15.7 Å². The third-order valence-electron chi connectivity index (χ3n) is 2.92. The van der Waals surface area contributed by atoms with Gasteiger partial charge in [-0.3, -0.25) is 0 Å². The molecule has 0 aliphatic heterocycles. The molecule has 1 aliphatic rings. The Labute approximate surface area is 102 Å². The predicted molar refractivity (Wildman–Crippen MR) is 64.8 cm³/mol. The molecular formula is C12H22N2O3. The molecule has 3 N–H and O–H groups in total. The maximum Gasteiger partial charge on any atom is 0.326 e. The third-order valence-corrected chi connectivity index (χ3v) is 2.92. The van der Waals surface area contributed by atoms with Gasteiger partial charge in [-0.2, -0.15) is 0 Å². The number of carbonyl (C=O) groups excluding carboxylic acids is 1. The van der Waals surface area contributed by atoms with E-state index in [1.807, 2.05) is 0 Å². The fourth-order valence-corrected chi connectivity index (χ4v) is 1.63. The molecule has 0 aromatic rings. The molecule has 0 saturated heterocycles. The van der Waals surface area contributed by atoms with Gasteiger partial charge in [0.2, 0.25) is 0 Å². The van der Waals surface area contributed by atoms with Gasteiger partial charge in [-0.1, -0.05) is 33.6 Å². The van der Waals surface area contributed by atoms with E-state index in [2.05, 4.69) is 10.6 Å². The Morgan fingerprint density at radius 3 is 2.35 bits per heavy atom. The van der Waals surface area contributed by atoms with Crippen LogP contribution >= 0.6 is 0 Å². The van der Waals surface area contributed by atoms with Gasteiger partial charge in [0.1, 0.15) is 6.04 Å². The molecule has 5 nitrogen and oxygen atoms in total. The number of rotatable bonds is 5. The lowest BCUT2D eigenvalue weighted by Crippen LogP contribution is -2.52. The second-order valence-electron chi connectivity index (χ2n) is 5.77. The van der Waals surface area contributed by atoms with Gasteiger partial charge >= 0.3 is 12.0 Å². The van der Waals surface area contributed by atoms with Crippen molar-refractivity contribution in [2.45, 2.75) is 46.1 Å². The first-order valence-electron chi connectivity index (χ1n) is 6.08. The largest absolute Gasteiger partial charge is 0.480 e. The molecule has 0 radical (unpaired) electrons. The summed E-state index contributed by atoms with van der Waals surface area (Å²) in [6.07, 6.45) is 3.49. The van der Waals surface area contributed by atoms with E-state index in [4.69, 9.17) is 5.11 Å². The van der Waals surface area contributed by atoms with Gasteiger partial charge in [0, 0.05) is 6.54 Å². The van der Waals surface area contributed by atoms with E-state index in [1.165, 1.54) is 12.8 Å². The lowest BCUT2D eigenvalue weighted by molar-refractivity contribution is -0.141. The Morgan fingerprint density at radius 1 is 1.35 bits per heavy atom. The maximum absolute atomic E-state index is 11.5. The first-order chi connectivity index (χ1) is 7.80. The van der Waals surface area contributed by atoms with Gasteiger partial charge in [0.25, 0.3) is 0 Å². The first kappa shape index (κ1) is 13.8. The minimum atomic E-state index is -1.00. The molecule has 0 unspecified atom stereocenters. The molecule has 0 aromatic heterocycles. The Morgan fingerprint density at radius 2 is 1.94 bits per heavy atom. The van der Waals surface area contributed by atoms with Crippen LogP contribution in [-0.4, -0.2) is 29.7 Å². The second-order valence-corrected chi connectivity index (χ2v) is 5.77. The Bertz CT molecular complexity index is 293. The molecule has 2 amide bonds. The molecule has 1 atom stereocenters. The summed E-state index contributed by atoms with van der Waals surface area (Å²) in [6, 6.07) is -1.27. The number of hydrogen-bond donors (Lipinski definition) is 3. The topological polar surface area (TPSA) is 78.4 Å². The normalized spacial score (nSPS) is 17.4. The third kappa shape index (κ3) is 5.06. The smallest absolute Gasteiger partial charge is 0.326 e. The van der Waals surface area contributed by atoms with Crippen LogP contribution in [0.15, 0.2) is 0 Å². The zero-order valence-corrected chi connectivity index (χ0v) is 10.7. The summed E-state index contributed by atoms with van der Waals surface area (Å²) < 4.78 is 0. The minimum absolute atomic E-state index is 0.395. The van der Waals surface area contributed by atoms with E-state index in [1.54, 1.807) is 20.8 Å². The Kier molecular flexibility index (Phi) is 4.37. The number of carbonyl (C=O) groups is 2. The van der Waals surface area contributed by atoms with Crippen molar-refractivity contribution in [1.29, 1.82) is 0 Å². The van der Waals surface area contributed by atoms with Crippen molar-refractivity contribution in [1.82, 2.24) is 10.6 Å². The number of nitrogens with one attached hydrogen (secondary N) is 2. The van der Waals surface area contributed by atoms with E-state index in [9.17, 15) is 9.59 Å². The van der Waals surface area contributed by atoms with Crippen LogP contribution in [0.1, 0.15) is 40.0 Å². The average Bonchev–Trinajstić information content (AvgIpc) is 2.95. The monoisotopic (exact) mass is 242 g/mol. The highest BCUT2D eigenvalue weighted by Gasteiger charge is 2.32. The summed E-state index contributed by atoms with van der Waals surface area (Å²) in [5.74, 6) is -0.247. The van der Waals surface area contributed by atoms with Crippen LogP contribution in [0.5, 0.6) is 0 Å². The van der Waals surface area contributed by atoms with Crippen LogP contribution in [0.25, 0.3) is 0 Å². The van der Waals surface area contributed by atoms with Crippen molar-refractivity contribution in [3.05, 3.63) is 0 Å². The van der Waals surface area contributed by atoms with Gasteiger partial charge in [-0.05, 0) is 17.8 Å². The molecule has 0 bridgehead atoms. The highest BCUT2D eigenvalue weighted by molar-refractivity contribution is 5.83. The Hall–Kier alpha value is -1.26. The van der Waals surface area contributed by atoms with Crippen molar-refractivity contribution in [3.63, 3.8) is 0 Å². The zero-order chi connectivity index (χ0) is 13.1. The van der Waals surface area contributed by atoms with Gasteiger partial charge in [-0.25, -0.2) is 9.59 Å². The van der Waals surface area contributed by atoms with Crippen LogP contribution in [0.4, 0.5) is 4.79 Å². The maximum atomic E-state index is 11.5. The molecule has 1 aliphatic carbocycles. The van der Waals surface area contributed by atoms with Crippen LogP contribution in [0, 0.1) is 11.3 Å².